The van der Waals surface area contributed by atoms with Crippen molar-refractivity contribution in [3.63, 3.8) is 0 Å². The molecular formula is C13H26N2O2. The smallest absolute Gasteiger partial charge is 0.317 e. The van der Waals surface area contributed by atoms with Crippen molar-refractivity contribution in [3.8, 4) is 0 Å². The molecule has 1 saturated carbocycles. The maximum Gasteiger partial charge on any atom is 0.317 e. The number of nitrogens with one attached hydrogen (secondary N) is 1. The van der Waals surface area contributed by atoms with Crippen molar-refractivity contribution in [2.75, 3.05) is 19.7 Å². The lowest BCUT2D eigenvalue weighted by Gasteiger charge is -2.40. The molecule has 1 fully saturated rings. The van der Waals surface area contributed by atoms with Gasteiger partial charge in [-0.15, -0.1) is 0 Å². The van der Waals surface area contributed by atoms with Gasteiger partial charge in [-0.2, -0.15) is 0 Å². The topological polar surface area (TPSA) is 52.6 Å². The molecule has 1 atom stereocenters. The third kappa shape index (κ3) is 3.87. The molecule has 4 nitrogen and oxygen atoms in total. The lowest BCUT2D eigenvalue weighted by atomic mass is 9.73. The first-order valence-corrected chi connectivity index (χ1v) is 6.67. The van der Waals surface area contributed by atoms with Crippen molar-refractivity contribution in [3.05, 3.63) is 0 Å². The number of aliphatic hydroxyl groups excluding tert-OH is 1. The molecule has 0 radical (unpaired) electrons. The average Bonchev–Trinajstić information content (AvgIpc) is 2.28. The minimum absolute atomic E-state index is 0.0231. The second-order valence-corrected chi connectivity index (χ2v) is 5.54. The number of carbonyl (C=O) groups is 1. The highest BCUT2D eigenvalue weighted by atomic mass is 16.3. The van der Waals surface area contributed by atoms with Crippen molar-refractivity contribution in [1.82, 2.24) is 10.2 Å². The van der Waals surface area contributed by atoms with Crippen LogP contribution in [0.3, 0.4) is 0 Å². The van der Waals surface area contributed by atoms with Crippen LogP contribution < -0.4 is 5.32 Å². The number of hydrogen-bond donors (Lipinski definition) is 2. The summed E-state index contributed by atoms with van der Waals surface area (Å²) in [5.41, 5.74) is 0.187. The van der Waals surface area contributed by atoms with Crippen LogP contribution in [0, 0.1) is 5.41 Å². The van der Waals surface area contributed by atoms with E-state index in [9.17, 15) is 4.79 Å². The van der Waals surface area contributed by atoms with Crippen molar-refractivity contribution in [2.24, 2.45) is 5.41 Å². The SMILES string of the molecule is CCN(CCO)C(=O)NC1CCCCC1(C)C. The zero-order valence-electron chi connectivity index (χ0n) is 11.3. The number of nitrogens with zero attached hydrogens (tertiary/aromatic N) is 1. The van der Waals surface area contributed by atoms with E-state index in [4.69, 9.17) is 5.11 Å². The molecule has 0 bridgehead atoms. The van der Waals surface area contributed by atoms with Crippen LogP contribution in [0.15, 0.2) is 0 Å². The van der Waals surface area contributed by atoms with Gasteiger partial charge in [0.1, 0.15) is 0 Å². The van der Waals surface area contributed by atoms with Crippen LogP contribution >= 0.6 is 0 Å². The first-order valence-electron chi connectivity index (χ1n) is 6.67. The van der Waals surface area contributed by atoms with Crippen LogP contribution in [0.1, 0.15) is 46.5 Å². The Labute approximate surface area is 104 Å². The van der Waals surface area contributed by atoms with Gasteiger partial charge in [-0.25, -0.2) is 4.79 Å². The molecule has 2 N–H and O–H groups in total. The molecule has 1 aliphatic carbocycles. The summed E-state index contributed by atoms with van der Waals surface area (Å²) in [6.07, 6.45) is 4.69. The molecule has 2 amide bonds. The summed E-state index contributed by atoms with van der Waals surface area (Å²) in [7, 11) is 0. The zero-order valence-corrected chi connectivity index (χ0v) is 11.3. The molecule has 17 heavy (non-hydrogen) atoms. The van der Waals surface area contributed by atoms with Gasteiger partial charge < -0.3 is 15.3 Å². The Morgan fingerprint density at radius 1 is 1.47 bits per heavy atom. The van der Waals surface area contributed by atoms with E-state index in [2.05, 4.69) is 19.2 Å². The van der Waals surface area contributed by atoms with Crippen molar-refractivity contribution in [2.45, 2.75) is 52.5 Å². The van der Waals surface area contributed by atoms with Crippen LogP contribution in [0.4, 0.5) is 4.79 Å². The molecule has 0 aromatic rings. The van der Waals surface area contributed by atoms with Gasteiger partial charge in [0.2, 0.25) is 0 Å². The van der Waals surface area contributed by atoms with Gasteiger partial charge >= 0.3 is 6.03 Å². The third-order valence-electron chi connectivity index (χ3n) is 3.84. The Kier molecular flexibility index (Phi) is 5.25. The maximum absolute atomic E-state index is 12.0. The van der Waals surface area contributed by atoms with E-state index in [1.165, 1.54) is 19.3 Å². The quantitative estimate of drug-likeness (QED) is 0.792. The number of urea groups is 1. The molecule has 4 heteroatoms. The Balaban J connectivity index is 2.54. The van der Waals surface area contributed by atoms with Gasteiger partial charge in [0.25, 0.3) is 0 Å². The Hall–Kier alpha value is -0.770. The predicted molar refractivity (Wildman–Crippen MR) is 68.9 cm³/mol. The highest BCUT2D eigenvalue weighted by molar-refractivity contribution is 5.74. The maximum atomic E-state index is 12.0. The predicted octanol–water partition coefficient (Wildman–Crippen LogP) is 1.98. The van der Waals surface area contributed by atoms with E-state index >= 15 is 0 Å². The molecule has 0 aromatic heterocycles. The summed E-state index contributed by atoms with van der Waals surface area (Å²) in [5.74, 6) is 0. The van der Waals surface area contributed by atoms with E-state index in [0.29, 0.717) is 13.1 Å². The zero-order chi connectivity index (χ0) is 12.9. The molecular weight excluding hydrogens is 216 g/mol. The molecule has 0 saturated heterocycles. The summed E-state index contributed by atoms with van der Waals surface area (Å²) in [4.78, 5) is 13.7. The van der Waals surface area contributed by atoms with Gasteiger partial charge in [0.05, 0.1) is 6.61 Å². The van der Waals surface area contributed by atoms with Gasteiger partial charge in [0.15, 0.2) is 0 Å². The van der Waals surface area contributed by atoms with E-state index in [0.717, 1.165) is 6.42 Å². The Morgan fingerprint density at radius 3 is 2.71 bits per heavy atom. The molecule has 0 aromatic carbocycles. The van der Waals surface area contributed by atoms with E-state index in [-0.39, 0.29) is 24.1 Å². The number of rotatable bonds is 4. The van der Waals surface area contributed by atoms with Gasteiger partial charge in [0, 0.05) is 19.1 Å². The number of hydrogen-bond acceptors (Lipinski definition) is 2. The summed E-state index contributed by atoms with van der Waals surface area (Å²) < 4.78 is 0. The lowest BCUT2D eigenvalue weighted by molar-refractivity contribution is 0.142. The summed E-state index contributed by atoms with van der Waals surface area (Å²) in [6, 6.07) is 0.220. The Bertz CT molecular complexity index is 254. The molecule has 100 valence electrons. The second-order valence-electron chi connectivity index (χ2n) is 5.54. The highest BCUT2D eigenvalue weighted by Gasteiger charge is 2.33. The van der Waals surface area contributed by atoms with Crippen molar-refractivity contribution >= 4 is 6.03 Å². The van der Waals surface area contributed by atoms with E-state index < -0.39 is 0 Å². The van der Waals surface area contributed by atoms with Crippen molar-refractivity contribution < 1.29 is 9.90 Å². The molecule has 0 spiro atoms. The normalized spacial score (nSPS) is 23.2. The molecule has 1 rings (SSSR count). The molecule has 0 aliphatic heterocycles. The van der Waals surface area contributed by atoms with Gasteiger partial charge in [-0.05, 0) is 25.2 Å². The first kappa shape index (κ1) is 14.3. The minimum Gasteiger partial charge on any atom is -0.395 e. The number of aliphatic hydroxyl groups is 1. The summed E-state index contributed by atoms with van der Waals surface area (Å²) in [5, 5.41) is 12.0. The van der Waals surface area contributed by atoms with Gasteiger partial charge in [-0.1, -0.05) is 26.7 Å². The highest BCUT2D eigenvalue weighted by Crippen LogP contribution is 2.35. The fourth-order valence-corrected chi connectivity index (χ4v) is 2.53. The molecule has 1 aliphatic rings. The van der Waals surface area contributed by atoms with Crippen molar-refractivity contribution in [1.29, 1.82) is 0 Å². The second kappa shape index (κ2) is 6.24. The molecule has 0 heterocycles. The van der Waals surface area contributed by atoms with Crippen LogP contribution in [-0.4, -0.2) is 41.8 Å². The van der Waals surface area contributed by atoms with Gasteiger partial charge in [-0.3, -0.25) is 0 Å². The van der Waals surface area contributed by atoms with E-state index in [1.807, 2.05) is 6.92 Å². The standard InChI is InChI=1S/C13H26N2O2/c1-4-15(9-10-16)12(17)14-11-7-5-6-8-13(11,2)3/h11,16H,4-10H2,1-3H3,(H,14,17). The van der Waals surface area contributed by atoms with Crippen LogP contribution in [0.5, 0.6) is 0 Å². The van der Waals surface area contributed by atoms with E-state index in [1.54, 1.807) is 4.90 Å². The molecule has 1 unspecified atom stereocenters. The fraction of sp³-hybridized carbons (Fsp3) is 0.923. The summed E-state index contributed by atoms with van der Waals surface area (Å²) in [6.45, 7) is 7.45. The third-order valence-corrected chi connectivity index (χ3v) is 3.84. The average molecular weight is 242 g/mol. The van der Waals surface area contributed by atoms with Crippen LogP contribution in [0.25, 0.3) is 0 Å². The number of carbonyl (C=O) groups excluding carboxylic acids is 1. The fourth-order valence-electron chi connectivity index (χ4n) is 2.53. The first-order chi connectivity index (χ1) is 8.01. The van der Waals surface area contributed by atoms with Crippen LogP contribution in [-0.2, 0) is 0 Å². The largest absolute Gasteiger partial charge is 0.395 e. The number of likely N-dealkylation sites (N-methyl/N-ethyl adjacent to an activating group) is 1. The minimum atomic E-state index is -0.0403. The Morgan fingerprint density at radius 2 is 2.18 bits per heavy atom. The lowest BCUT2D eigenvalue weighted by Crippen LogP contribution is -2.52. The monoisotopic (exact) mass is 242 g/mol. The van der Waals surface area contributed by atoms with Crippen LogP contribution in [0.2, 0.25) is 0 Å². The number of amides is 2. The summed E-state index contributed by atoms with van der Waals surface area (Å²) >= 11 is 0.